The zero-order chi connectivity index (χ0) is 36.4. The first kappa shape index (κ1) is 38.0. The van der Waals surface area contributed by atoms with Crippen molar-refractivity contribution in [1.29, 1.82) is 0 Å². The van der Waals surface area contributed by atoms with Gasteiger partial charge in [-0.25, -0.2) is 9.36 Å². The summed E-state index contributed by atoms with van der Waals surface area (Å²) in [4.78, 5) is 29.3. The molecule has 1 saturated heterocycles. The Morgan fingerprint density at radius 2 is 1.44 bits per heavy atom. The highest BCUT2D eigenvalue weighted by Crippen LogP contribution is 2.55. The van der Waals surface area contributed by atoms with Crippen LogP contribution < -0.4 is 10.6 Å². The van der Waals surface area contributed by atoms with Crippen LogP contribution in [0.3, 0.4) is 0 Å². The third-order valence-corrected chi connectivity index (χ3v) is 12.2. The van der Waals surface area contributed by atoms with Gasteiger partial charge < -0.3 is 20.6 Å². The molecule has 5 rings (SSSR count). The molecule has 1 saturated carbocycles. The predicted octanol–water partition coefficient (Wildman–Crippen LogP) is 7.45. The van der Waals surface area contributed by atoms with Crippen molar-refractivity contribution < 1.29 is 32.8 Å². The Morgan fingerprint density at radius 1 is 0.920 bits per heavy atom. The van der Waals surface area contributed by atoms with Crippen LogP contribution in [-0.2, 0) is 41.7 Å². The van der Waals surface area contributed by atoms with Gasteiger partial charge in [-0.2, -0.15) is 0 Å². The summed E-state index contributed by atoms with van der Waals surface area (Å²) in [6.07, 6.45) is 0.336. The number of benzene rings is 3. The van der Waals surface area contributed by atoms with E-state index in [2.05, 4.69) is 10.6 Å². The average molecular weight is 726 g/mol. The highest BCUT2D eigenvalue weighted by atomic mass is 35.5. The number of nitrogens with zero attached hydrogens (tertiary/aromatic N) is 1. The van der Waals surface area contributed by atoms with Gasteiger partial charge in [-0.05, 0) is 60.9 Å². The minimum atomic E-state index is -4.12. The predicted molar refractivity (Wildman–Crippen MR) is 193 cm³/mol. The summed E-state index contributed by atoms with van der Waals surface area (Å²) in [5.74, 6) is -0.395. The Kier molecular flexibility index (Phi) is 11.2. The van der Waals surface area contributed by atoms with E-state index in [0.29, 0.717) is 24.5 Å². The number of piperidine rings is 1. The van der Waals surface area contributed by atoms with E-state index in [9.17, 15) is 19.3 Å². The molecule has 1 heterocycles. The van der Waals surface area contributed by atoms with E-state index in [1.807, 2.05) is 100 Å². The van der Waals surface area contributed by atoms with Gasteiger partial charge in [-0.3, -0.25) is 18.4 Å². The molecule has 2 unspecified atom stereocenters. The second kappa shape index (κ2) is 14.8. The van der Waals surface area contributed by atoms with Gasteiger partial charge in [0.05, 0.1) is 24.4 Å². The molecule has 3 atom stereocenters. The number of nitrogens with one attached hydrogen (secondary N) is 2. The maximum Gasteiger partial charge on any atom is 0.476 e. The largest absolute Gasteiger partial charge is 0.476 e. The molecule has 0 radical (unpaired) electrons. The lowest BCUT2D eigenvalue weighted by molar-refractivity contribution is -0.156. The van der Waals surface area contributed by atoms with Crippen LogP contribution in [0.15, 0.2) is 84.9 Å². The molecule has 10 nitrogen and oxygen atoms in total. The fourth-order valence-corrected chi connectivity index (χ4v) is 8.46. The number of aliphatic hydroxyl groups is 1. The highest BCUT2D eigenvalue weighted by molar-refractivity contribution is 7.48. The Morgan fingerprint density at radius 3 is 1.92 bits per heavy atom. The second-order valence-electron chi connectivity index (χ2n) is 14.8. The van der Waals surface area contributed by atoms with Crippen molar-refractivity contribution in [1.82, 2.24) is 15.5 Å². The van der Waals surface area contributed by atoms with Crippen LogP contribution in [0.25, 0.3) is 0 Å². The number of phosphoric ester groups is 1. The molecule has 0 aromatic heterocycles. The van der Waals surface area contributed by atoms with Crippen LogP contribution in [0, 0.1) is 17.3 Å². The van der Waals surface area contributed by atoms with Gasteiger partial charge in [0.25, 0.3) is 0 Å². The molecular formula is C38H49ClN3O7P. The van der Waals surface area contributed by atoms with Crippen LogP contribution in [0.5, 0.6) is 0 Å². The monoisotopic (exact) mass is 725 g/mol. The third-order valence-electron chi connectivity index (χ3n) is 10.3. The van der Waals surface area contributed by atoms with Gasteiger partial charge in [0.2, 0.25) is 5.91 Å². The first-order chi connectivity index (χ1) is 23.5. The number of carbonyl (C=O) groups excluding carboxylic acids is 2. The Balaban J connectivity index is 1.22. The number of halogens is 1. The molecule has 1 aliphatic carbocycles. The van der Waals surface area contributed by atoms with E-state index in [1.165, 1.54) is 0 Å². The molecule has 2 aliphatic rings. The molecule has 12 heteroatoms. The van der Waals surface area contributed by atoms with Crippen LogP contribution in [0.4, 0.5) is 4.79 Å². The zero-order valence-electron chi connectivity index (χ0n) is 29.6. The molecular weight excluding hydrogens is 677 g/mol. The van der Waals surface area contributed by atoms with Crippen molar-refractivity contribution >= 4 is 31.4 Å². The first-order valence-corrected chi connectivity index (χ1v) is 18.9. The summed E-state index contributed by atoms with van der Waals surface area (Å²) in [6.45, 7) is 11.7. The SMILES string of the molecule is CC1C(C)C1(NC(=O)NCC(C)(C)OP(=O)(OCc1ccccc1)OCc1ccccc1)C(=O)N1CC[C@](O)(c2ccc(Cl)cc2)C(C)(C)C1. The molecule has 50 heavy (non-hydrogen) atoms. The molecule has 3 aromatic carbocycles. The third kappa shape index (κ3) is 8.28. The summed E-state index contributed by atoms with van der Waals surface area (Å²) in [5, 5.41) is 18.2. The molecule has 0 bridgehead atoms. The number of hydrogen-bond acceptors (Lipinski definition) is 7. The summed E-state index contributed by atoms with van der Waals surface area (Å²) >= 11 is 6.10. The van der Waals surface area contributed by atoms with E-state index < -0.39 is 36.0 Å². The molecule has 2 fully saturated rings. The Labute approximate surface area is 300 Å². The van der Waals surface area contributed by atoms with Gasteiger partial charge in [-0.15, -0.1) is 0 Å². The normalized spacial score (nSPS) is 24.8. The molecule has 3 aromatic rings. The van der Waals surface area contributed by atoms with E-state index in [1.54, 1.807) is 30.9 Å². The number of rotatable bonds is 13. The van der Waals surface area contributed by atoms with Gasteiger partial charge in [0, 0.05) is 30.1 Å². The maximum atomic E-state index is 14.2. The number of hydrogen-bond donors (Lipinski definition) is 3. The highest BCUT2D eigenvalue weighted by Gasteiger charge is 2.67. The van der Waals surface area contributed by atoms with Crippen molar-refractivity contribution in [3.05, 3.63) is 107 Å². The van der Waals surface area contributed by atoms with Crippen molar-refractivity contribution in [2.75, 3.05) is 19.6 Å². The molecule has 3 amide bonds. The number of phosphoric acid groups is 1. The second-order valence-corrected chi connectivity index (χ2v) is 16.8. The molecule has 3 N–H and O–H groups in total. The van der Waals surface area contributed by atoms with Crippen LogP contribution >= 0.6 is 19.4 Å². The van der Waals surface area contributed by atoms with Crippen molar-refractivity contribution in [3.63, 3.8) is 0 Å². The minimum Gasteiger partial charge on any atom is -0.384 e. The molecule has 0 spiro atoms. The van der Waals surface area contributed by atoms with Crippen molar-refractivity contribution in [2.24, 2.45) is 17.3 Å². The fraction of sp³-hybridized carbons (Fsp3) is 0.474. The summed E-state index contributed by atoms with van der Waals surface area (Å²) < 4.78 is 31.5. The van der Waals surface area contributed by atoms with E-state index in [-0.39, 0.29) is 37.5 Å². The summed E-state index contributed by atoms with van der Waals surface area (Å²) in [5.41, 5.74) is -1.78. The summed E-state index contributed by atoms with van der Waals surface area (Å²) in [6, 6.07) is 25.2. The number of carbonyl (C=O) groups is 2. The van der Waals surface area contributed by atoms with E-state index in [0.717, 1.165) is 16.7 Å². The number of amides is 3. The van der Waals surface area contributed by atoms with Crippen molar-refractivity contribution in [2.45, 2.75) is 77.9 Å². The Hall–Kier alpha value is -3.24. The van der Waals surface area contributed by atoms with E-state index >= 15 is 0 Å². The summed E-state index contributed by atoms with van der Waals surface area (Å²) in [7, 11) is -4.12. The first-order valence-electron chi connectivity index (χ1n) is 17.0. The number of likely N-dealkylation sites (tertiary alicyclic amines) is 1. The van der Waals surface area contributed by atoms with Gasteiger partial charge in [0.15, 0.2) is 0 Å². The van der Waals surface area contributed by atoms with Gasteiger partial charge in [0.1, 0.15) is 5.54 Å². The van der Waals surface area contributed by atoms with Crippen LogP contribution in [0.1, 0.15) is 64.7 Å². The van der Waals surface area contributed by atoms with Crippen molar-refractivity contribution in [3.8, 4) is 0 Å². The minimum absolute atomic E-state index is 0.00170. The topological polar surface area (TPSA) is 126 Å². The molecule has 1 aliphatic heterocycles. The lowest BCUT2D eigenvalue weighted by atomic mass is 9.66. The molecule has 270 valence electrons. The van der Waals surface area contributed by atoms with Crippen LogP contribution in [0.2, 0.25) is 5.02 Å². The van der Waals surface area contributed by atoms with E-state index in [4.69, 9.17) is 25.2 Å². The zero-order valence-corrected chi connectivity index (χ0v) is 31.3. The number of urea groups is 1. The lowest BCUT2D eigenvalue weighted by Crippen LogP contribution is -2.62. The quantitative estimate of drug-likeness (QED) is 0.156. The van der Waals surface area contributed by atoms with Gasteiger partial charge in [-0.1, -0.05) is 112 Å². The standard InChI is InChI=1S/C38H49ClN3O7P/c1-27-28(2)38(27,33(43)42-22-21-37(45,35(3,4)26-42)31-17-19-32(39)20-18-31)41-34(44)40-25-36(5,6)49-50(46,47-23-29-13-9-7-10-14-29)48-24-30-15-11-8-12-16-30/h7-20,27-28,45H,21-26H2,1-6H3,(H2,40,41,44)/t27?,28?,37-,38?/m0/s1. The van der Waals surface area contributed by atoms with Gasteiger partial charge >= 0.3 is 13.9 Å². The smallest absolute Gasteiger partial charge is 0.384 e. The van der Waals surface area contributed by atoms with Crippen LogP contribution in [-0.4, -0.2) is 52.7 Å². The fourth-order valence-electron chi connectivity index (χ4n) is 6.87. The Bertz CT molecular complexity index is 1630. The maximum absolute atomic E-state index is 14.2. The lowest BCUT2D eigenvalue weighted by Gasteiger charge is -2.51. The average Bonchev–Trinajstić information content (AvgIpc) is 3.61.